The fourth-order valence-electron chi connectivity index (χ4n) is 3.42. The second-order valence-corrected chi connectivity index (χ2v) is 7.04. The first kappa shape index (κ1) is 18.3. The molecule has 138 valence electrons. The van der Waals surface area contributed by atoms with Crippen LogP contribution in [-0.4, -0.2) is 11.1 Å². The molecule has 26 heavy (non-hydrogen) atoms. The molecule has 0 aromatic heterocycles. The summed E-state index contributed by atoms with van der Waals surface area (Å²) in [6, 6.07) is 13.7. The molecule has 4 N–H and O–H groups in total. The van der Waals surface area contributed by atoms with Crippen LogP contribution in [0.4, 0.5) is 17.1 Å². The van der Waals surface area contributed by atoms with Gasteiger partial charge in [0.1, 0.15) is 0 Å². The number of hydrogen-bond donors (Lipinski definition) is 4. The van der Waals surface area contributed by atoms with Crippen LogP contribution >= 0.6 is 0 Å². The van der Waals surface area contributed by atoms with E-state index in [9.17, 15) is 10.0 Å². The smallest absolute Gasteiger partial charge is 0.227 e. The van der Waals surface area contributed by atoms with E-state index in [1.807, 2.05) is 49.4 Å². The molecule has 0 aliphatic heterocycles. The first-order chi connectivity index (χ1) is 12.7. The predicted molar refractivity (Wildman–Crippen MR) is 106 cm³/mol. The van der Waals surface area contributed by atoms with Crippen molar-refractivity contribution in [1.29, 1.82) is 0 Å². The number of hydrogen-bond acceptors (Lipinski definition) is 4. The standard InChI is InChI=1S/C21H27N3O2/c1-15-7-12-19(20(13-15)24-26)22-14-16-8-10-18(11-9-16)23-21(25)17-5-3-2-4-6-17/h7-13,17,22,24,26H,2-6,14H2,1H3,(H,23,25). The Morgan fingerprint density at radius 2 is 1.77 bits per heavy atom. The highest BCUT2D eigenvalue weighted by Gasteiger charge is 2.20. The van der Waals surface area contributed by atoms with Crippen LogP contribution in [0.15, 0.2) is 42.5 Å². The molecule has 1 amide bonds. The first-order valence-corrected chi connectivity index (χ1v) is 9.30. The minimum Gasteiger partial charge on any atom is -0.379 e. The Morgan fingerprint density at radius 1 is 1.04 bits per heavy atom. The van der Waals surface area contributed by atoms with Gasteiger partial charge in [-0.05, 0) is 55.2 Å². The average Bonchev–Trinajstić information content (AvgIpc) is 2.68. The van der Waals surface area contributed by atoms with Gasteiger partial charge in [-0.15, -0.1) is 0 Å². The molecule has 0 heterocycles. The Labute approximate surface area is 154 Å². The summed E-state index contributed by atoms with van der Waals surface area (Å²) in [5, 5.41) is 15.6. The van der Waals surface area contributed by atoms with Crippen molar-refractivity contribution in [2.45, 2.75) is 45.6 Å². The van der Waals surface area contributed by atoms with E-state index in [0.717, 1.165) is 48.2 Å². The van der Waals surface area contributed by atoms with Crippen LogP contribution in [0.1, 0.15) is 43.2 Å². The van der Waals surface area contributed by atoms with Gasteiger partial charge in [-0.3, -0.25) is 15.5 Å². The molecule has 1 saturated carbocycles. The molecule has 1 aliphatic carbocycles. The van der Waals surface area contributed by atoms with Crippen molar-refractivity contribution in [2.75, 3.05) is 16.1 Å². The highest BCUT2D eigenvalue weighted by Crippen LogP contribution is 2.25. The van der Waals surface area contributed by atoms with Gasteiger partial charge < -0.3 is 10.6 Å². The van der Waals surface area contributed by atoms with Gasteiger partial charge in [0, 0.05) is 18.2 Å². The summed E-state index contributed by atoms with van der Waals surface area (Å²) in [5.74, 6) is 0.310. The number of aryl methyl sites for hydroxylation is 1. The van der Waals surface area contributed by atoms with E-state index in [2.05, 4.69) is 16.1 Å². The highest BCUT2D eigenvalue weighted by molar-refractivity contribution is 5.92. The zero-order chi connectivity index (χ0) is 18.4. The van der Waals surface area contributed by atoms with Gasteiger partial charge in [-0.2, -0.15) is 0 Å². The minimum absolute atomic E-state index is 0.147. The zero-order valence-electron chi connectivity index (χ0n) is 15.2. The number of carbonyl (C=O) groups is 1. The van der Waals surface area contributed by atoms with Crippen molar-refractivity contribution >= 4 is 23.0 Å². The van der Waals surface area contributed by atoms with Crippen molar-refractivity contribution in [3.05, 3.63) is 53.6 Å². The minimum atomic E-state index is 0.147. The second-order valence-electron chi connectivity index (χ2n) is 7.04. The number of rotatable bonds is 6. The van der Waals surface area contributed by atoms with Gasteiger partial charge >= 0.3 is 0 Å². The van der Waals surface area contributed by atoms with E-state index in [1.54, 1.807) is 0 Å². The lowest BCUT2D eigenvalue weighted by atomic mass is 9.88. The van der Waals surface area contributed by atoms with Crippen LogP contribution in [0.5, 0.6) is 0 Å². The zero-order valence-corrected chi connectivity index (χ0v) is 15.2. The molecule has 0 radical (unpaired) electrons. The molecule has 0 spiro atoms. The Bertz CT molecular complexity index is 737. The number of amides is 1. The van der Waals surface area contributed by atoms with E-state index < -0.39 is 0 Å². The molecule has 1 aliphatic rings. The second kappa shape index (κ2) is 8.72. The van der Waals surface area contributed by atoms with Gasteiger partial charge in [0.15, 0.2) is 0 Å². The largest absolute Gasteiger partial charge is 0.379 e. The third kappa shape index (κ3) is 4.76. The normalized spacial score (nSPS) is 14.7. The Balaban J connectivity index is 1.55. The highest BCUT2D eigenvalue weighted by atomic mass is 16.5. The van der Waals surface area contributed by atoms with E-state index in [1.165, 1.54) is 6.42 Å². The quantitative estimate of drug-likeness (QED) is 0.556. The molecular weight excluding hydrogens is 326 g/mol. The SMILES string of the molecule is Cc1ccc(NCc2ccc(NC(=O)C3CCCCC3)cc2)c(NO)c1. The molecular formula is C21H27N3O2. The molecule has 0 atom stereocenters. The molecule has 0 bridgehead atoms. The topological polar surface area (TPSA) is 73.4 Å². The van der Waals surface area contributed by atoms with Crippen molar-refractivity contribution in [1.82, 2.24) is 0 Å². The third-order valence-corrected chi connectivity index (χ3v) is 4.98. The molecule has 5 nitrogen and oxygen atoms in total. The summed E-state index contributed by atoms with van der Waals surface area (Å²) in [5.41, 5.74) is 6.74. The Kier molecular flexibility index (Phi) is 6.12. The van der Waals surface area contributed by atoms with Gasteiger partial charge in [0.2, 0.25) is 5.91 Å². The third-order valence-electron chi connectivity index (χ3n) is 4.98. The molecule has 0 unspecified atom stereocenters. The lowest BCUT2D eigenvalue weighted by Crippen LogP contribution is -2.24. The fraction of sp³-hybridized carbons (Fsp3) is 0.381. The van der Waals surface area contributed by atoms with Crippen molar-refractivity contribution in [3.63, 3.8) is 0 Å². The van der Waals surface area contributed by atoms with Crippen LogP contribution in [0.25, 0.3) is 0 Å². The van der Waals surface area contributed by atoms with Crippen LogP contribution < -0.4 is 16.1 Å². The number of anilines is 3. The lowest BCUT2D eigenvalue weighted by molar-refractivity contribution is -0.120. The van der Waals surface area contributed by atoms with Crippen molar-refractivity contribution in [2.24, 2.45) is 5.92 Å². The maximum atomic E-state index is 12.3. The molecule has 1 fully saturated rings. The van der Waals surface area contributed by atoms with Gasteiger partial charge in [-0.1, -0.05) is 37.5 Å². The van der Waals surface area contributed by atoms with E-state index in [0.29, 0.717) is 12.2 Å². The number of nitrogens with one attached hydrogen (secondary N) is 3. The summed E-state index contributed by atoms with van der Waals surface area (Å²) < 4.78 is 0. The summed E-state index contributed by atoms with van der Waals surface area (Å²) in [4.78, 5) is 12.3. The predicted octanol–water partition coefficient (Wildman–Crippen LogP) is 4.93. The molecule has 2 aromatic rings. The summed E-state index contributed by atoms with van der Waals surface area (Å²) in [6.07, 6.45) is 5.58. The van der Waals surface area contributed by atoms with E-state index >= 15 is 0 Å². The van der Waals surface area contributed by atoms with Crippen molar-refractivity contribution in [3.8, 4) is 0 Å². The summed E-state index contributed by atoms with van der Waals surface area (Å²) in [7, 11) is 0. The van der Waals surface area contributed by atoms with E-state index in [4.69, 9.17) is 0 Å². The van der Waals surface area contributed by atoms with Gasteiger partial charge in [0.25, 0.3) is 0 Å². The maximum Gasteiger partial charge on any atom is 0.227 e. The monoisotopic (exact) mass is 353 g/mol. The molecule has 5 heteroatoms. The first-order valence-electron chi connectivity index (χ1n) is 9.30. The fourth-order valence-corrected chi connectivity index (χ4v) is 3.42. The van der Waals surface area contributed by atoms with Crippen LogP contribution in [0.3, 0.4) is 0 Å². The lowest BCUT2D eigenvalue weighted by Gasteiger charge is -2.20. The van der Waals surface area contributed by atoms with Crippen LogP contribution in [0.2, 0.25) is 0 Å². The Hall–Kier alpha value is -2.53. The molecule has 2 aromatic carbocycles. The summed E-state index contributed by atoms with van der Waals surface area (Å²) in [6.45, 7) is 2.61. The van der Waals surface area contributed by atoms with E-state index in [-0.39, 0.29) is 11.8 Å². The molecule has 0 saturated heterocycles. The average molecular weight is 353 g/mol. The van der Waals surface area contributed by atoms with Crippen LogP contribution in [0, 0.1) is 12.8 Å². The Morgan fingerprint density at radius 3 is 2.46 bits per heavy atom. The van der Waals surface area contributed by atoms with Crippen molar-refractivity contribution < 1.29 is 10.0 Å². The van der Waals surface area contributed by atoms with Gasteiger partial charge in [-0.25, -0.2) is 0 Å². The summed E-state index contributed by atoms with van der Waals surface area (Å²) >= 11 is 0. The van der Waals surface area contributed by atoms with Gasteiger partial charge in [0.05, 0.1) is 11.4 Å². The maximum absolute atomic E-state index is 12.3. The number of carbonyl (C=O) groups excluding carboxylic acids is 1. The number of benzene rings is 2. The van der Waals surface area contributed by atoms with Crippen LogP contribution in [-0.2, 0) is 11.3 Å². The molecule has 3 rings (SSSR count).